The Labute approximate surface area is 99.2 Å². The molecule has 0 bridgehead atoms. The monoisotopic (exact) mass is 252 g/mol. The van der Waals surface area contributed by atoms with Crippen LogP contribution in [0.3, 0.4) is 0 Å². The lowest BCUT2D eigenvalue weighted by atomic mass is 10.4. The van der Waals surface area contributed by atoms with Gasteiger partial charge < -0.3 is 10.3 Å². The highest BCUT2D eigenvalue weighted by Gasteiger charge is 2.07. The standard InChI is InChI=1S/C8H8N6O2S/c9-5-1-2-7(16)14(3-5)4-6(15)10-8-11-12-13-17-8/h1-3H,4,9H2,(H,10,11,13,15). The van der Waals surface area contributed by atoms with E-state index in [0.717, 1.165) is 11.5 Å². The summed E-state index contributed by atoms with van der Waals surface area (Å²) in [6.07, 6.45) is 1.40. The van der Waals surface area contributed by atoms with E-state index in [-0.39, 0.29) is 17.2 Å². The van der Waals surface area contributed by atoms with Gasteiger partial charge in [-0.05, 0) is 11.3 Å². The molecule has 2 rings (SSSR count). The fourth-order valence-corrected chi connectivity index (χ4v) is 1.55. The van der Waals surface area contributed by atoms with E-state index in [1.54, 1.807) is 0 Å². The van der Waals surface area contributed by atoms with Crippen molar-refractivity contribution < 1.29 is 4.79 Å². The molecule has 88 valence electrons. The highest BCUT2D eigenvalue weighted by atomic mass is 32.1. The maximum Gasteiger partial charge on any atom is 0.251 e. The third kappa shape index (κ3) is 2.84. The van der Waals surface area contributed by atoms with Crippen LogP contribution < -0.4 is 16.6 Å². The highest BCUT2D eigenvalue weighted by molar-refractivity contribution is 7.09. The summed E-state index contributed by atoms with van der Waals surface area (Å²) in [5.74, 6) is -0.392. The van der Waals surface area contributed by atoms with E-state index >= 15 is 0 Å². The maximum atomic E-state index is 11.5. The van der Waals surface area contributed by atoms with Crippen molar-refractivity contribution in [2.45, 2.75) is 6.54 Å². The summed E-state index contributed by atoms with van der Waals surface area (Å²) in [5, 5.41) is 9.62. The van der Waals surface area contributed by atoms with Crippen molar-refractivity contribution in [2.75, 3.05) is 11.1 Å². The average molecular weight is 252 g/mol. The Morgan fingerprint density at radius 2 is 2.35 bits per heavy atom. The number of pyridine rings is 1. The molecule has 0 unspecified atom stereocenters. The number of hydrogen-bond donors (Lipinski definition) is 2. The minimum Gasteiger partial charge on any atom is -0.398 e. The molecule has 0 radical (unpaired) electrons. The van der Waals surface area contributed by atoms with Gasteiger partial charge in [-0.25, -0.2) is 0 Å². The summed E-state index contributed by atoms with van der Waals surface area (Å²) in [7, 11) is 0. The minimum absolute atomic E-state index is 0.135. The lowest BCUT2D eigenvalue weighted by Crippen LogP contribution is -2.26. The van der Waals surface area contributed by atoms with Gasteiger partial charge in [-0.2, -0.15) is 0 Å². The van der Waals surface area contributed by atoms with Crippen LogP contribution in [-0.4, -0.2) is 25.3 Å². The minimum atomic E-state index is -0.392. The molecule has 2 aromatic heterocycles. The fraction of sp³-hybridized carbons (Fsp3) is 0.125. The van der Waals surface area contributed by atoms with Crippen LogP contribution in [0.2, 0.25) is 0 Å². The number of anilines is 2. The molecule has 0 aliphatic carbocycles. The zero-order valence-corrected chi connectivity index (χ0v) is 9.35. The molecule has 2 heterocycles. The first kappa shape index (κ1) is 11.2. The van der Waals surface area contributed by atoms with Crippen molar-refractivity contribution in [1.29, 1.82) is 0 Å². The number of nitrogens with one attached hydrogen (secondary N) is 1. The smallest absolute Gasteiger partial charge is 0.251 e. The van der Waals surface area contributed by atoms with Gasteiger partial charge in [-0.15, -0.1) is 0 Å². The lowest BCUT2D eigenvalue weighted by molar-refractivity contribution is -0.116. The second-order valence-electron chi connectivity index (χ2n) is 3.14. The van der Waals surface area contributed by atoms with Crippen LogP contribution in [0.1, 0.15) is 0 Å². The maximum absolute atomic E-state index is 11.5. The zero-order valence-electron chi connectivity index (χ0n) is 8.53. The number of aromatic nitrogens is 4. The molecule has 0 saturated carbocycles. The number of amides is 1. The van der Waals surface area contributed by atoms with Crippen molar-refractivity contribution >= 4 is 28.3 Å². The number of hydrogen-bond acceptors (Lipinski definition) is 7. The normalized spacial score (nSPS) is 10.1. The first-order valence-corrected chi connectivity index (χ1v) is 5.33. The van der Waals surface area contributed by atoms with Gasteiger partial charge in [0, 0.05) is 29.5 Å². The summed E-state index contributed by atoms with van der Waals surface area (Å²) in [6, 6.07) is 2.78. The molecular formula is C8H8N6O2S. The van der Waals surface area contributed by atoms with Crippen LogP contribution in [0.15, 0.2) is 23.1 Å². The molecule has 1 amide bonds. The number of nitrogens with two attached hydrogens (primary N) is 1. The molecule has 0 aliphatic rings. The first-order chi connectivity index (χ1) is 8.15. The van der Waals surface area contributed by atoms with E-state index in [9.17, 15) is 9.59 Å². The van der Waals surface area contributed by atoms with E-state index in [0.29, 0.717) is 5.69 Å². The molecule has 0 atom stereocenters. The Bertz CT molecular complexity index is 578. The summed E-state index contributed by atoms with van der Waals surface area (Å²) in [4.78, 5) is 22.9. The molecule has 3 N–H and O–H groups in total. The number of nitrogen functional groups attached to an aromatic ring is 1. The van der Waals surface area contributed by atoms with Crippen LogP contribution in [-0.2, 0) is 11.3 Å². The first-order valence-electron chi connectivity index (χ1n) is 4.56. The second kappa shape index (κ2) is 4.70. The van der Waals surface area contributed by atoms with Gasteiger partial charge in [0.1, 0.15) is 6.54 Å². The predicted molar refractivity (Wildman–Crippen MR) is 61.4 cm³/mol. The number of nitrogens with zero attached hydrogens (tertiary/aromatic N) is 4. The Kier molecular flexibility index (Phi) is 3.10. The molecule has 17 heavy (non-hydrogen) atoms. The van der Waals surface area contributed by atoms with Gasteiger partial charge in [0.05, 0.1) is 0 Å². The Morgan fingerprint density at radius 3 is 3.06 bits per heavy atom. The van der Waals surface area contributed by atoms with Gasteiger partial charge in [0.15, 0.2) is 0 Å². The summed E-state index contributed by atoms with van der Waals surface area (Å²) < 4.78 is 4.70. The van der Waals surface area contributed by atoms with E-state index in [2.05, 4.69) is 20.1 Å². The van der Waals surface area contributed by atoms with Crippen LogP contribution >= 0.6 is 11.5 Å². The summed E-state index contributed by atoms with van der Waals surface area (Å²) >= 11 is 0.953. The van der Waals surface area contributed by atoms with E-state index in [4.69, 9.17) is 5.73 Å². The summed E-state index contributed by atoms with van der Waals surface area (Å²) in [5.41, 5.74) is 5.63. The van der Waals surface area contributed by atoms with Gasteiger partial charge in [0.2, 0.25) is 11.0 Å². The van der Waals surface area contributed by atoms with Gasteiger partial charge >= 0.3 is 0 Å². The third-order valence-electron chi connectivity index (χ3n) is 1.87. The third-order valence-corrected chi connectivity index (χ3v) is 2.38. The molecule has 0 fully saturated rings. The number of carbonyl (C=O) groups excluding carboxylic acids is 1. The fourth-order valence-electron chi connectivity index (χ4n) is 1.17. The molecule has 0 spiro atoms. The predicted octanol–water partition coefficient (Wildman–Crippen LogP) is -0.684. The Balaban J connectivity index is 2.08. The van der Waals surface area contributed by atoms with Crippen molar-refractivity contribution in [2.24, 2.45) is 0 Å². The Hall–Kier alpha value is -2.29. The van der Waals surface area contributed by atoms with E-state index in [1.165, 1.54) is 22.9 Å². The molecule has 9 heteroatoms. The SMILES string of the molecule is Nc1ccc(=O)n(CC(=O)Nc2nnns2)c1. The van der Waals surface area contributed by atoms with Crippen LogP contribution in [0, 0.1) is 0 Å². The topological polar surface area (TPSA) is 116 Å². The van der Waals surface area contributed by atoms with Crippen molar-refractivity contribution in [3.05, 3.63) is 28.7 Å². The molecule has 0 saturated heterocycles. The Morgan fingerprint density at radius 1 is 1.53 bits per heavy atom. The average Bonchev–Trinajstić information content (AvgIpc) is 2.76. The number of rotatable bonds is 3. The van der Waals surface area contributed by atoms with E-state index in [1.807, 2.05) is 0 Å². The highest BCUT2D eigenvalue weighted by Crippen LogP contribution is 2.04. The molecule has 0 aliphatic heterocycles. The quantitative estimate of drug-likeness (QED) is 0.747. The van der Waals surface area contributed by atoms with Gasteiger partial charge in [0.25, 0.3) is 5.56 Å². The zero-order chi connectivity index (χ0) is 12.3. The molecule has 0 aromatic carbocycles. The van der Waals surface area contributed by atoms with E-state index < -0.39 is 5.91 Å². The van der Waals surface area contributed by atoms with Gasteiger partial charge in [-0.1, -0.05) is 9.59 Å². The van der Waals surface area contributed by atoms with Crippen LogP contribution in [0.5, 0.6) is 0 Å². The van der Waals surface area contributed by atoms with Gasteiger partial charge in [-0.3, -0.25) is 14.9 Å². The largest absolute Gasteiger partial charge is 0.398 e. The molecule has 2 aromatic rings. The molecule has 8 nitrogen and oxygen atoms in total. The van der Waals surface area contributed by atoms with Crippen molar-refractivity contribution in [3.8, 4) is 0 Å². The van der Waals surface area contributed by atoms with Crippen LogP contribution in [0.4, 0.5) is 10.8 Å². The van der Waals surface area contributed by atoms with Crippen LogP contribution in [0.25, 0.3) is 0 Å². The second-order valence-corrected chi connectivity index (χ2v) is 3.88. The van der Waals surface area contributed by atoms with Crippen molar-refractivity contribution in [3.63, 3.8) is 0 Å². The summed E-state index contributed by atoms with van der Waals surface area (Å²) in [6.45, 7) is -0.135. The number of carbonyl (C=O) groups is 1. The lowest BCUT2D eigenvalue weighted by Gasteiger charge is -2.05. The van der Waals surface area contributed by atoms with Crippen molar-refractivity contribution in [1.82, 2.24) is 19.4 Å². The molecular weight excluding hydrogens is 244 g/mol.